The SMILES string of the molecule is Cc1c(Cl)cnn1CC(=O)Nc1ccc(F)cc1N. The van der Waals surface area contributed by atoms with Crippen molar-refractivity contribution in [3.8, 4) is 0 Å². The maximum atomic E-state index is 12.9. The average molecular weight is 283 g/mol. The van der Waals surface area contributed by atoms with Crippen molar-refractivity contribution in [1.82, 2.24) is 9.78 Å². The molecule has 2 aromatic rings. The second kappa shape index (κ2) is 5.27. The lowest BCUT2D eigenvalue weighted by Crippen LogP contribution is -2.20. The minimum Gasteiger partial charge on any atom is -0.397 e. The molecule has 2 rings (SSSR count). The highest BCUT2D eigenvalue weighted by atomic mass is 35.5. The molecule has 1 aromatic heterocycles. The maximum Gasteiger partial charge on any atom is 0.246 e. The first-order valence-electron chi connectivity index (χ1n) is 5.50. The summed E-state index contributed by atoms with van der Waals surface area (Å²) in [5.41, 5.74) is 6.83. The summed E-state index contributed by atoms with van der Waals surface area (Å²) in [5, 5.41) is 7.05. The van der Waals surface area contributed by atoms with Crippen molar-refractivity contribution >= 4 is 28.9 Å². The van der Waals surface area contributed by atoms with Crippen molar-refractivity contribution in [2.45, 2.75) is 13.5 Å². The third kappa shape index (κ3) is 3.03. The van der Waals surface area contributed by atoms with E-state index in [1.54, 1.807) is 6.92 Å². The highest BCUT2D eigenvalue weighted by molar-refractivity contribution is 6.31. The van der Waals surface area contributed by atoms with Crippen LogP contribution in [-0.4, -0.2) is 15.7 Å². The van der Waals surface area contributed by atoms with Crippen LogP contribution in [0.3, 0.4) is 0 Å². The Morgan fingerprint density at radius 1 is 1.58 bits per heavy atom. The number of hydrogen-bond acceptors (Lipinski definition) is 3. The number of carbonyl (C=O) groups excluding carboxylic acids is 1. The van der Waals surface area contributed by atoms with E-state index in [2.05, 4.69) is 10.4 Å². The first kappa shape index (κ1) is 13.4. The van der Waals surface area contributed by atoms with Crippen LogP contribution in [0, 0.1) is 12.7 Å². The van der Waals surface area contributed by atoms with Gasteiger partial charge in [-0.1, -0.05) is 11.6 Å². The molecule has 19 heavy (non-hydrogen) atoms. The van der Waals surface area contributed by atoms with Crippen LogP contribution < -0.4 is 11.1 Å². The van der Waals surface area contributed by atoms with Gasteiger partial charge in [0.05, 0.1) is 28.3 Å². The number of benzene rings is 1. The molecule has 1 amide bonds. The van der Waals surface area contributed by atoms with Gasteiger partial charge in [0, 0.05) is 0 Å². The predicted octanol–water partition coefficient (Wildman–Crippen LogP) is 2.20. The van der Waals surface area contributed by atoms with Gasteiger partial charge in [-0.15, -0.1) is 0 Å². The smallest absolute Gasteiger partial charge is 0.246 e. The summed E-state index contributed by atoms with van der Waals surface area (Å²) in [6.07, 6.45) is 1.47. The van der Waals surface area contributed by atoms with Crippen molar-refractivity contribution in [1.29, 1.82) is 0 Å². The van der Waals surface area contributed by atoms with Crippen LogP contribution in [0.4, 0.5) is 15.8 Å². The van der Waals surface area contributed by atoms with E-state index in [4.69, 9.17) is 17.3 Å². The van der Waals surface area contributed by atoms with Gasteiger partial charge >= 0.3 is 0 Å². The summed E-state index contributed by atoms with van der Waals surface area (Å²) in [4.78, 5) is 11.8. The van der Waals surface area contributed by atoms with Crippen molar-refractivity contribution in [2.24, 2.45) is 0 Å². The minimum absolute atomic E-state index is 0.00930. The molecule has 0 fully saturated rings. The number of amides is 1. The normalized spacial score (nSPS) is 10.5. The molecular formula is C12H12ClFN4O. The van der Waals surface area contributed by atoms with E-state index >= 15 is 0 Å². The monoisotopic (exact) mass is 282 g/mol. The lowest BCUT2D eigenvalue weighted by molar-refractivity contribution is -0.116. The zero-order chi connectivity index (χ0) is 14.0. The fourth-order valence-electron chi connectivity index (χ4n) is 1.56. The zero-order valence-electron chi connectivity index (χ0n) is 10.2. The summed E-state index contributed by atoms with van der Waals surface area (Å²) < 4.78 is 14.3. The molecule has 0 aliphatic carbocycles. The standard InChI is InChI=1S/C12H12ClFN4O/c1-7-9(13)5-16-18(7)6-12(19)17-11-3-2-8(14)4-10(11)15/h2-5H,6,15H2,1H3,(H,17,19). The molecule has 0 aliphatic heterocycles. The van der Waals surface area contributed by atoms with Crippen LogP contribution in [0.25, 0.3) is 0 Å². The molecule has 0 spiro atoms. The van der Waals surface area contributed by atoms with E-state index in [9.17, 15) is 9.18 Å². The van der Waals surface area contributed by atoms with E-state index in [0.717, 1.165) is 6.07 Å². The first-order valence-corrected chi connectivity index (χ1v) is 5.88. The summed E-state index contributed by atoms with van der Waals surface area (Å²) in [7, 11) is 0. The second-order valence-corrected chi connectivity index (χ2v) is 4.42. The average Bonchev–Trinajstić information content (AvgIpc) is 2.65. The first-order chi connectivity index (χ1) is 8.97. The Morgan fingerprint density at radius 2 is 2.32 bits per heavy atom. The van der Waals surface area contributed by atoms with Gasteiger partial charge in [-0.3, -0.25) is 9.48 Å². The Kier molecular flexibility index (Phi) is 3.71. The fraction of sp³-hybridized carbons (Fsp3) is 0.167. The summed E-state index contributed by atoms with van der Waals surface area (Å²) in [5.74, 6) is -0.772. The maximum absolute atomic E-state index is 12.9. The number of aromatic nitrogens is 2. The molecule has 0 saturated carbocycles. The number of nitrogen functional groups attached to an aromatic ring is 1. The summed E-state index contributed by atoms with van der Waals surface area (Å²) >= 11 is 5.84. The highest BCUT2D eigenvalue weighted by Gasteiger charge is 2.10. The van der Waals surface area contributed by atoms with Crippen LogP contribution in [0.15, 0.2) is 24.4 Å². The molecule has 7 heteroatoms. The molecule has 0 atom stereocenters. The number of nitrogens with one attached hydrogen (secondary N) is 1. The van der Waals surface area contributed by atoms with Gasteiger partial charge in [0.2, 0.25) is 5.91 Å². The third-order valence-corrected chi connectivity index (χ3v) is 3.00. The molecule has 0 saturated heterocycles. The van der Waals surface area contributed by atoms with Crippen molar-refractivity contribution < 1.29 is 9.18 Å². The van der Waals surface area contributed by atoms with Gasteiger partial charge in [0.1, 0.15) is 12.4 Å². The molecule has 0 radical (unpaired) electrons. The molecule has 0 aliphatic rings. The Bertz CT molecular complexity index is 626. The minimum atomic E-state index is -0.454. The number of halogens is 2. The van der Waals surface area contributed by atoms with Gasteiger partial charge < -0.3 is 11.1 Å². The lowest BCUT2D eigenvalue weighted by atomic mass is 10.2. The molecule has 0 unspecified atom stereocenters. The fourth-order valence-corrected chi connectivity index (χ4v) is 1.70. The van der Waals surface area contributed by atoms with E-state index in [0.29, 0.717) is 16.4 Å². The van der Waals surface area contributed by atoms with E-state index < -0.39 is 5.82 Å². The van der Waals surface area contributed by atoms with E-state index in [-0.39, 0.29) is 18.1 Å². The molecule has 5 nitrogen and oxygen atoms in total. The number of hydrogen-bond donors (Lipinski definition) is 2. The van der Waals surface area contributed by atoms with Crippen molar-refractivity contribution in [3.63, 3.8) is 0 Å². The Balaban J connectivity index is 2.07. The Morgan fingerprint density at radius 3 is 2.89 bits per heavy atom. The van der Waals surface area contributed by atoms with Crippen LogP contribution >= 0.6 is 11.6 Å². The molecular weight excluding hydrogens is 271 g/mol. The quantitative estimate of drug-likeness (QED) is 0.848. The van der Waals surface area contributed by atoms with Crippen molar-refractivity contribution in [3.05, 3.63) is 40.9 Å². The largest absolute Gasteiger partial charge is 0.397 e. The van der Waals surface area contributed by atoms with Crippen molar-refractivity contribution in [2.75, 3.05) is 11.1 Å². The third-order valence-electron chi connectivity index (χ3n) is 2.62. The highest BCUT2D eigenvalue weighted by Crippen LogP contribution is 2.19. The number of nitrogens with two attached hydrogens (primary N) is 1. The summed E-state index contributed by atoms with van der Waals surface area (Å²) in [6, 6.07) is 3.78. The molecule has 3 N–H and O–H groups in total. The Hall–Kier alpha value is -2.08. The number of nitrogens with zero attached hydrogens (tertiary/aromatic N) is 2. The molecule has 1 heterocycles. The lowest BCUT2D eigenvalue weighted by Gasteiger charge is -2.09. The topological polar surface area (TPSA) is 72.9 Å². The number of carbonyl (C=O) groups is 1. The van der Waals surface area contributed by atoms with E-state index in [1.807, 2.05) is 0 Å². The van der Waals surface area contributed by atoms with Gasteiger partial charge in [-0.25, -0.2) is 4.39 Å². The van der Waals surface area contributed by atoms with Crippen LogP contribution in [0.5, 0.6) is 0 Å². The predicted molar refractivity (Wildman–Crippen MR) is 71.4 cm³/mol. The van der Waals surface area contributed by atoms with Gasteiger partial charge in [0.25, 0.3) is 0 Å². The van der Waals surface area contributed by atoms with Gasteiger partial charge in [-0.05, 0) is 25.1 Å². The number of rotatable bonds is 3. The van der Waals surface area contributed by atoms with Crippen LogP contribution in [0.2, 0.25) is 5.02 Å². The molecule has 100 valence electrons. The molecule has 1 aromatic carbocycles. The number of anilines is 2. The molecule has 0 bridgehead atoms. The van der Waals surface area contributed by atoms with Gasteiger partial charge in [-0.2, -0.15) is 5.10 Å². The summed E-state index contributed by atoms with van der Waals surface area (Å²) in [6.45, 7) is 1.77. The van der Waals surface area contributed by atoms with E-state index in [1.165, 1.54) is 23.0 Å². The zero-order valence-corrected chi connectivity index (χ0v) is 10.9. The second-order valence-electron chi connectivity index (χ2n) is 4.02. The van der Waals surface area contributed by atoms with Gasteiger partial charge in [0.15, 0.2) is 0 Å². The Labute approximate surface area is 114 Å². The van der Waals surface area contributed by atoms with Crippen LogP contribution in [0.1, 0.15) is 5.69 Å². The van der Waals surface area contributed by atoms with Crippen LogP contribution in [-0.2, 0) is 11.3 Å².